The lowest BCUT2D eigenvalue weighted by molar-refractivity contribution is 0.128. The van der Waals surface area contributed by atoms with Crippen molar-refractivity contribution in [3.63, 3.8) is 0 Å². The van der Waals surface area contributed by atoms with Gasteiger partial charge in [0, 0.05) is 17.9 Å². The molecule has 0 amide bonds. The van der Waals surface area contributed by atoms with Crippen LogP contribution in [0, 0.1) is 5.41 Å². The van der Waals surface area contributed by atoms with Gasteiger partial charge < -0.3 is 10.8 Å². The van der Waals surface area contributed by atoms with Crippen molar-refractivity contribution in [1.82, 2.24) is 0 Å². The van der Waals surface area contributed by atoms with Crippen molar-refractivity contribution in [3.05, 3.63) is 0 Å². The van der Waals surface area contributed by atoms with Gasteiger partial charge in [-0.2, -0.15) is 11.8 Å². The molecule has 0 saturated carbocycles. The molecule has 2 nitrogen and oxygen atoms in total. The number of nitrogens with two attached hydrogens (primary N) is 1. The first-order chi connectivity index (χ1) is 6.67. The van der Waals surface area contributed by atoms with E-state index in [9.17, 15) is 5.11 Å². The maximum Gasteiger partial charge on any atom is 0.0437 e. The number of aliphatic hydroxyl groups is 1. The highest BCUT2D eigenvalue weighted by atomic mass is 32.2. The SMILES string of the molecule is CCC(N)C1(CCO)CCCSC1C. The van der Waals surface area contributed by atoms with Crippen molar-refractivity contribution < 1.29 is 5.11 Å². The fourth-order valence-electron chi connectivity index (χ4n) is 2.65. The van der Waals surface area contributed by atoms with Gasteiger partial charge in [0.2, 0.25) is 0 Å². The molecule has 3 unspecified atom stereocenters. The summed E-state index contributed by atoms with van der Waals surface area (Å²) in [4.78, 5) is 0. The second-order valence-corrected chi connectivity index (χ2v) is 5.79. The van der Waals surface area contributed by atoms with Crippen LogP contribution >= 0.6 is 11.8 Å². The van der Waals surface area contributed by atoms with Crippen LogP contribution in [0.3, 0.4) is 0 Å². The van der Waals surface area contributed by atoms with Gasteiger partial charge in [-0.05, 0) is 36.9 Å². The smallest absolute Gasteiger partial charge is 0.0437 e. The Morgan fingerprint density at radius 1 is 1.64 bits per heavy atom. The number of thioether (sulfide) groups is 1. The van der Waals surface area contributed by atoms with Crippen LogP contribution in [0.5, 0.6) is 0 Å². The summed E-state index contributed by atoms with van der Waals surface area (Å²) in [6.45, 7) is 4.70. The number of hydrogen-bond donors (Lipinski definition) is 2. The molecule has 3 N–H and O–H groups in total. The molecule has 0 aromatic heterocycles. The summed E-state index contributed by atoms with van der Waals surface area (Å²) in [5.74, 6) is 1.25. The molecule has 0 bridgehead atoms. The highest BCUT2D eigenvalue weighted by Gasteiger charge is 2.42. The third kappa shape index (κ3) is 2.26. The minimum atomic E-state index is 0.187. The molecule has 0 aliphatic carbocycles. The van der Waals surface area contributed by atoms with Crippen LogP contribution < -0.4 is 5.73 Å². The Labute approximate surface area is 91.6 Å². The third-order valence-corrected chi connectivity index (χ3v) is 5.21. The lowest BCUT2D eigenvalue weighted by Crippen LogP contribution is -2.49. The van der Waals surface area contributed by atoms with Gasteiger partial charge in [0.05, 0.1) is 0 Å². The number of hydrogen-bond acceptors (Lipinski definition) is 3. The number of aliphatic hydroxyl groups excluding tert-OH is 1. The Bertz CT molecular complexity index is 167. The Morgan fingerprint density at radius 3 is 2.86 bits per heavy atom. The first-order valence-electron chi connectivity index (χ1n) is 5.65. The van der Waals surface area contributed by atoms with E-state index < -0.39 is 0 Å². The van der Waals surface area contributed by atoms with Crippen LogP contribution in [0.25, 0.3) is 0 Å². The molecule has 1 saturated heterocycles. The fraction of sp³-hybridized carbons (Fsp3) is 1.00. The highest BCUT2D eigenvalue weighted by Crippen LogP contribution is 2.46. The van der Waals surface area contributed by atoms with Gasteiger partial charge in [0.15, 0.2) is 0 Å². The Kier molecular flexibility index (Phi) is 4.74. The van der Waals surface area contributed by atoms with E-state index in [0.717, 1.165) is 12.8 Å². The lowest BCUT2D eigenvalue weighted by Gasteiger charge is -2.46. The maximum atomic E-state index is 9.18. The Morgan fingerprint density at radius 2 is 2.36 bits per heavy atom. The van der Waals surface area contributed by atoms with Gasteiger partial charge in [-0.1, -0.05) is 13.8 Å². The third-order valence-electron chi connectivity index (χ3n) is 3.72. The zero-order valence-corrected chi connectivity index (χ0v) is 10.1. The summed E-state index contributed by atoms with van der Waals surface area (Å²) in [6.07, 6.45) is 4.33. The minimum Gasteiger partial charge on any atom is -0.396 e. The normalized spacial score (nSPS) is 35.6. The summed E-state index contributed by atoms with van der Waals surface area (Å²) in [5, 5.41) is 9.78. The predicted octanol–water partition coefficient (Wildman–Crippen LogP) is 2.01. The minimum absolute atomic E-state index is 0.187. The van der Waals surface area contributed by atoms with Gasteiger partial charge in [-0.25, -0.2) is 0 Å². The standard InChI is InChI=1S/C11H23NOS/c1-3-10(12)11(6-7-13)5-4-8-14-9(11)2/h9-10,13H,3-8,12H2,1-2H3. The van der Waals surface area contributed by atoms with Crippen molar-refractivity contribution in [2.24, 2.45) is 11.1 Å². The molecule has 1 fully saturated rings. The molecule has 0 radical (unpaired) electrons. The monoisotopic (exact) mass is 217 g/mol. The summed E-state index contributed by atoms with van der Waals surface area (Å²) in [5.41, 5.74) is 6.42. The topological polar surface area (TPSA) is 46.2 Å². The van der Waals surface area contributed by atoms with Crippen LogP contribution in [0.15, 0.2) is 0 Å². The Balaban J connectivity index is 2.76. The zero-order valence-electron chi connectivity index (χ0n) is 9.33. The van der Waals surface area contributed by atoms with Crippen molar-refractivity contribution in [3.8, 4) is 0 Å². The Hall–Kier alpha value is 0.270. The van der Waals surface area contributed by atoms with E-state index in [0.29, 0.717) is 5.25 Å². The number of rotatable bonds is 4. The van der Waals surface area contributed by atoms with E-state index in [1.165, 1.54) is 18.6 Å². The van der Waals surface area contributed by atoms with Crippen LogP contribution in [0.2, 0.25) is 0 Å². The first-order valence-corrected chi connectivity index (χ1v) is 6.70. The average molecular weight is 217 g/mol. The second kappa shape index (κ2) is 5.38. The van der Waals surface area contributed by atoms with E-state index in [1.54, 1.807) is 0 Å². The summed E-state index contributed by atoms with van der Waals surface area (Å²) < 4.78 is 0. The van der Waals surface area contributed by atoms with Crippen LogP contribution in [0.4, 0.5) is 0 Å². The molecule has 3 heteroatoms. The van der Waals surface area contributed by atoms with E-state index in [2.05, 4.69) is 13.8 Å². The van der Waals surface area contributed by atoms with Crippen LogP contribution in [0.1, 0.15) is 39.5 Å². The van der Waals surface area contributed by atoms with E-state index >= 15 is 0 Å². The van der Waals surface area contributed by atoms with Gasteiger partial charge in [-0.15, -0.1) is 0 Å². The lowest BCUT2D eigenvalue weighted by atomic mass is 9.70. The summed E-state index contributed by atoms with van der Waals surface area (Å²) in [6, 6.07) is 0.248. The van der Waals surface area contributed by atoms with Crippen molar-refractivity contribution in [2.45, 2.75) is 50.8 Å². The highest BCUT2D eigenvalue weighted by molar-refractivity contribution is 7.99. The summed E-state index contributed by atoms with van der Waals surface area (Å²) in [7, 11) is 0. The molecule has 1 rings (SSSR count). The van der Waals surface area contributed by atoms with Crippen molar-refractivity contribution >= 4 is 11.8 Å². The van der Waals surface area contributed by atoms with Gasteiger partial charge in [0.1, 0.15) is 0 Å². The van der Waals surface area contributed by atoms with E-state index in [1.807, 2.05) is 11.8 Å². The molecule has 1 aliphatic heterocycles. The molecular formula is C11H23NOS. The van der Waals surface area contributed by atoms with Crippen LogP contribution in [-0.2, 0) is 0 Å². The summed E-state index contributed by atoms with van der Waals surface area (Å²) >= 11 is 2.02. The second-order valence-electron chi connectivity index (χ2n) is 4.34. The molecule has 14 heavy (non-hydrogen) atoms. The van der Waals surface area contributed by atoms with Gasteiger partial charge in [0.25, 0.3) is 0 Å². The maximum absolute atomic E-state index is 9.18. The quantitative estimate of drug-likeness (QED) is 0.757. The molecule has 0 spiro atoms. The molecule has 0 aromatic carbocycles. The van der Waals surface area contributed by atoms with Gasteiger partial charge in [-0.3, -0.25) is 0 Å². The average Bonchev–Trinajstić information content (AvgIpc) is 2.20. The molecule has 1 heterocycles. The van der Waals surface area contributed by atoms with Crippen molar-refractivity contribution in [2.75, 3.05) is 12.4 Å². The van der Waals surface area contributed by atoms with E-state index in [4.69, 9.17) is 5.73 Å². The predicted molar refractivity (Wildman–Crippen MR) is 63.6 cm³/mol. The molecule has 3 atom stereocenters. The van der Waals surface area contributed by atoms with Crippen LogP contribution in [-0.4, -0.2) is 28.8 Å². The van der Waals surface area contributed by atoms with Gasteiger partial charge >= 0.3 is 0 Å². The largest absolute Gasteiger partial charge is 0.396 e. The molecule has 0 aromatic rings. The van der Waals surface area contributed by atoms with E-state index in [-0.39, 0.29) is 18.1 Å². The zero-order chi connectivity index (χ0) is 10.6. The molecule has 84 valence electrons. The van der Waals surface area contributed by atoms with Crippen molar-refractivity contribution in [1.29, 1.82) is 0 Å². The molecular weight excluding hydrogens is 194 g/mol. The fourth-order valence-corrected chi connectivity index (χ4v) is 4.05. The molecule has 1 aliphatic rings. The first kappa shape index (κ1) is 12.3.